The number of methoxy groups -OCH3 is 3. The minimum atomic E-state index is -1.14. The second-order valence-electron chi connectivity index (χ2n) is 8.49. The first-order valence-electron chi connectivity index (χ1n) is 11.2. The van der Waals surface area contributed by atoms with Crippen LogP contribution in [0.3, 0.4) is 0 Å². The fourth-order valence-corrected chi connectivity index (χ4v) is 4.53. The van der Waals surface area contributed by atoms with Gasteiger partial charge in [-0.3, -0.25) is 4.79 Å². The molecule has 1 atom stereocenters. The van der Waals surface area contributed by atoms with Crippen LogP contribution in [0, 0.1) is 0 Å². The Morgan fingerprint density at radius 1 is 1.06 bits per heavy atom. The molecule has 1 amide bonds. The van der Waals surface area contributed by atoms with Gasteiger partial charge in [0.25, 0.3) is 5.91 Å². The van der Waals surface area contributed by atoms with E-state index in [1.54, 1.807) is 12.1 Å². The molecule has 8 nitrogen and oxygen atoms in total. The highest BCUT2D eigenvalue weighted by Gasteiger charge is 2.34. The molecule has 0 aliphatic carbocycles. The number of hydrogen-bond donors (Lipinski definition) is 2. The lowest BCUT2D eigenvalue weighted by Crippen LogP contribution is -2.27. The standard InChI is InChI=1S/C26H31N3O5/c1-28(2)11-8-12-29-15-18(17-9-6-7-10-19(17)29)23-22(25(30)27-26(23)31)16-13-20(32-3)24(34-5)21(14-16)33-4/h6-7,9-10,13-15,26,31H,8,11-12H2,1-5H3,(H,27,30). The molecule has 2 heterocycles. The summed E-state index contributed by atoms with van der Waals surface area (Å²) in [7, 11) is 8.70. The van der Waals surface area contributed by atoms with E-state index < -0.39 is 6.23 Å². The van der Waals surface area contributed by atoms with Gasteiger partial charge in [-0.2, -0.15) is 0 Å². The number of ether oxygens (including phenoxy) is 3. The van der Waals surface area contributed by atoms with Crippen molar-refractivity contribution in [3.63, 3.8) is 0 Å². The predicted molar refractivity (Wildman–Crippen MR) is 132 cm³/mol. The van der Waals surface area contributed by atoms with Crippen LogP contribution >= 0.6 is 0 Å². The minimum Gasteiger partial charge on any atom is -0.493 e. The summed E-state index contributed by atoms with van der Waals surface area (Å²) in [4.78, 5) is 15.2. The third-order valence-corrected chi connectivity index (χ3v) is 6.07. The van der Waals surface area contributed by atoms with Gasteiger partial charge in [-0.15, -0.1) is 0 Å². The third kappa shape index (κ3) is 4.22. The number of fused-ring (bicyclic) bond motifs is 1. The normalized spacial score (nSPS) is 15.9. The number of aliphatic hydroxyl groups is 1. The van der Waals surface area contributed by atoms with Gasteiger partial charge in [0.2, 0.25) is 5.75 Å². The van der Waals surface area contributed by atoms with Crippen LogP contribution in [0.1, 0.15) is 17.5 Å². The maximum atomic E-state index is 13.1. The van der Waals surface area contributed by atoms with E-state index in [0.29, 0.717) is 34.0 Å². The molecule has 180 valence electrons. The molecule has 0 bridgehead atoms. The monoisotopic (exact) mass is 465 g/mol. The number of aromatic nitrogens is 1. The average molecular weight is 466 g/mol. The van der Waals surface area contributed by atoms with Gasteiger partial charge in [0.15, 0.2) is 17.7 Å². The van der Waals surface area contributed by atoms with Crippen molar-refractivity contribution in [1.29, 1.82) is 0 Å². The number of carbonyl (C=O) groups is 1. The number of aryl methyl sites for hydroxylation is 1. The summed E-state index contributed by atoms with van der Waals surface area (Å²) in [5.41, 5.74) is 3.35. The summed E-state index contributed by atoms with van der Waals surface area (Å²) in [5, 5.41) is 14.6. The Hall–Kier alpha value is -3.49. The third-order valence-electron chi connectivity index (χ3n) is 6.07. The maximum absolute atomic E-state index is 13.1. The second-order valence-corrected chi connectivity index (χ2v) is 8.49. The number of carbonyl (C=O) groups excluding carboxylic acids is 1. The van der Waals surface area contributed by atoms with Crippen LogP contribution in [0.4, 0.5) is 0 Å². The lowest BCUT2D eigenvalue weighted by molar-refractivity contribution is -0.116. The highest BCUT2D eigenvalue weighted by atomic mass is 16.5. The predicted octanol–water partition coefficient (Wildman–Crippen LogP) is 2.98. The van der Waals surface area contributed by atoms with E-state index in [9.17, 15) is 9.90 Å². The van der Waals surface area contributed by atoms with Gasteiger partial charge in [0.1, 0.15) is 0 Å². The lowest BCUT2D eigenvalue weighted by atomic mass is 9.95. The van der Waals surface area contributed by atoms with Gasteiger partial charge in [-0.25, -0.2) is 0 Å². The molecule has 0 radical (unpaired) electrons. The molecule has 1 aromatic heterocycles. The quantitative estimate of drug-likeness (QED) is 0.506. The van der Waals surface area contributed by atoms with Crippen molar-refractivity contribution in [3.05, 3.63) is 53.7 Å². The van der Waals surface area contributed by atoms with Crippen LogP contribution in [-0.4, -0.2) is 68.7 Å². The topological polar surface area (TPSA) is 85.2 Å². The van der Waals surface area contributed by atoms with E-state index in [2.05, 4.69) is 34.9 Å². The Morgan fingerprint density at radius 2 is 1.74 bits per heavy atom. The van der Waals surface area contributed by atoms with Crippen molar-refractivity contribution in [2.75, 3.05) is 42.0 Å². The highest BCUT2D eigenvalue weighted by molar-refractivity contribution is 6.31. The molecular formula is C26H31N3O5. The zero-order valence-corrected chi connectivity index (χ0v) is 20.2. The van der Waals surface area contributed by atoms with Gasteiger partial charge < -0.3 is 34.1 Å². The Balaban J connectivity index is 1.91. The smallest absolute Gasteiger partial charge is 0.254 e. The number of para-hydroxylation sites is 1. The number of nitrogens with zero attached hydrogens (tertiary/aromatic N) is 2. The Labute approximate surface area is 199 Å². The van der Waals surface area contributed by atoms with Gasteiger partial charge in [0, 0.05) is 34.8 Å². The van der Waals surface area contributed by atoms with Crippen LogP contribution in [0.2, 0.25) is 0 Å². The number of hydrogen-bond acceptors (Lipinski definition) is 6. The van der Waals surface area contributed by atoms with Crippen molar-refractivity contribution in [2.24, 2.45) is 0 Å². The molecule has 34 heavy (non-hydrogen) atoms. The van der Waals surface area contributed by atoms with E-state index in [0.717, 1.165) is 36.0 Å². The van der Waals surface area contributed by atoms with E-state index in [1.807, 2.05) is 24.4 Å². The molecule has 0 fully saturated rings. The van der Waals surface area contributed by atoms with Crippen LogP contribution in [0.5, 0.6) is 17.2 Å². The maximum Gasteiger partial charge on any atom is 0.254 e. The molecule has 0 saturated heterocycles. The highest BCUT2D eigenvalue weighted by Crippen LogP contribution is 2.44. The second kappa shape index (κ2) is 9.79. The summed E-state index contributed by atoms with van der Waals surface area (Å²) in [6.45, 7) is 1.78. The van der Waals surface area contributed by atoms with E-state index in [1.165, 1.54) is 21.3 Å². The van der Waals surface area contributed by atoms with E-state index >= 15 is 0 Å². The van der Waals surface area contributed by atoms with Crippen molar-refractivity contribution < 1.29 is 24.1 Å². The Kier molecular flexibility index (Phi) is 6.81. The average Bonchev–Trinajstić information content (AvgIpc) is 3.33. The zero-order chi connectivity index (χ0) is 24.4. The van der Waals surface area contributed by atoms with Crippen LogP contribution in [-0.2, 0) is 11.3 Å². The largest absolute Gasteiger partial charge is 0.493 e. The Morgan fingerprint density at radius 3 is 2.35 bits per heavy atom. The van der Waals surface area contributed by atoms with E-state index in [-0.39, 0.29) is 5.91 Å². The molecule has 0 spiro atoms. The summed E-state index contributed by atoms with van der Waals surface area (Å²) in [6.07, 6.45) is 1.86. The number of rotatable bonds is 9. The van der Waals surface area contributed by atoms with Crippen LogP contribution in [0.25, 0.3) is 22.0 Å². The molecule has 1 unspecified atom stereocenters. The molecule has 2 aromatic carbocycles. The summed E-state index contributed by atoms with van der Waals surface area (Å²) in [6, 6.07) is 11.5. The van der Waals surface area contributed by atoms with Crippen LogP contribution < -0.4 is 19.5 Å². The zero-order valence-electron chi connectivity index (χ0n) is 20.2. The SMILES string of the molecule is COc1cc(C2=C(c3cn(CCCN(C)C)c4ccccc34)C(O)NC2=O)cc(OC)c1OC. The van der Waals surface area contributed by atoms with Gasteiger partial charge in [0.05, 0.1) is 26.9 Å². The Bertz CT molecular complexity index is 1220. The number of nitrogens with one attached hydrogen (secondary N) is 1. The summed E-state index contributed by atoms with van der Waals surface area (Å²) >= 11 is 0. The number of amides is 1. The molecule has 8 heteroatoms. The molecular weight excluding hydrogens is 434 g/mol. The van der Waals surface area contributed by atoms with Crippen molar-refractivity contribution in [2.45, 2.75) is 19.2 Å². The first-order valence-corrected chi connectivity index (χ1v) is 11.2. The first kappa shape index (κ1) is 23.7. The first-order chi connectivity index (χ1) is 16.4. The van der Waals surface area contributed by atoms with Gasteiger partial charge in [-0.1, -0.05) is 18.2 Å². The van der Waals surface area contributed by atoms with Crippen molar-refractivity contribution >= 4 is 28.0 Å². The van der Waals surface area contributed by atoms with Gasteiger partial charge >= 0.3 is 0 Å². The number of aliphatic hydroxyl groups excluding tert-OH is 1. The molecule has 1 aliphatic heterocycles. The number of benzene rings is 2. The fraction of sp³-hybridized carbons (Fsp3) is 0.346. The summed E-state index contributed by atoms with van der Waals surface area (Å²) < 4.78 is 18.6. The molecule has 0 saturated carbocycles. The van der Waals surface area contributed by atoms with Crippen LogP contribution in [0.15, 0.2) is 42.6 Å². The van der Waals surface area contributed by atoms with E-state index in [4.69, 9.17) is 14.2 Å². The lowest BCUT2D eigenvalue weighted by Gasteiger charge is -2.15. The molecule has 4 rings (SSSR count). The van der Waals surface area contributed by atoms with Gasteiger partial charge in [-0.05, 0) is 50.8 Å². The molecule has 3 aromatic rings. The van der Waals surface area contributed by atoms with Crippen molar-refractivity contribution in [1.82, 2.24) is 14.8 Å². The fourth-order valence-electron chi connectivity index (χ4n) is 4.53. The molecule has 2 N–H and O–H groups in total. The minimum absolute atomic E-state index is 0.360. The molecule has 1 aliphatic rings. The van der Waals surface area contributed by atoms with Crippen molar-refractivity contribution in [3.8, 4) is 17.2 Å². The summed E-state index contributed by atoms with van der Waals surface area (Å²) in [5.74, 6) is 0.946.